The van der Waals surface area contributed by atoms with Gasteiger partial charge in [-0.1, -0.05) is 0 Å². The van der Waals surface area contributed by atoms with Crippen molar-refractivity contribution in [1.29, 1.82) is 0 Å². The van der Waals surface area contributed by atoms with Crippen LogP contribution < -0.4 is 5.46 Å². The average Bonchev–Trinajstić information content (AvgIpc) is 3.01. The molecule has 0 amide bonds. The number of nitrogens with zero attached hydrogens (tertiary/aromatic N) is 1. The highest BCUT2D eigenvalue weighted by molar-refractivity contribution is 6.62. The molecule has 20 heavy (non-hydrogen) atoms. The van der Waals surface area contributed by atoms with E-state index in [1.807, 2.05) is 27.7 Å². The summed E-state index contributed by atoms with van der Waals surface area (Å²) in [5, 5.41) is 10.3. The zero-order valence-electron chi connectivity index (χ0n) is 12.2. The molecule has 1 aromatic heterocycles. The first-order valence-electron chi connectivity index (χ1n) is 6.89. The molecule has 3 rings (SSSR count). The van der Waals surface area contributed by atoms with Crippen LogP contribution in [0.5, 0.6) is 0 Å². The van der Waals surface area contributed by atoms with E-state index in [1.165, 1.54) is 12.3 Å². The fourth-order valence-electron chi connectivity index (χ4n) is 2.39. The van der Waals surface area contributed by atoms with Crippen LogP contribution in [-0.2, 0) is 14.9 Å². The Balaban J connectivity index is 2.01. The maximum absolute atomic E-state index is 13.5. The van der Waals surface area contributed by atoms with Crippen LogP contribution in [0.15, 0.2) is 12.3 Å². The summed E-state index contributed by atoms with van der Waals surface area (Å²) in [6.07, 6.45) is 2.71. The number of rotatable bonds is 2. The average molecular weight is 279 g/mol. The Morgan fingerprint density at radius 1 is 1.20 bits per heavy atom. The summed E-state index contributed by atoms with van der Waals surface area (Å²) in [6, 6.07) is 1.30. The van der Waals surface area contributed by atoms with Gasteiger partial charge in [-0.2, -0.15) is 4.39 Å². The van der Waals surface area contributed by atoms with Gasteiger partial charge >= 0.3 is 7.12 Å². The Labute approximate surface area is 118 Å². The third-order valence-electron chi connectivity index (χ3n) is 4.63. The number of pyridine rings is 1. The van der Waals surface area contributed by atoms with Crippen molar-refractivity contribution in [3.8, 4) is 0 Å². The van der Waals surface area contributed by atoms with Crippen LogP contribution in [0.25, 0.3) is 0 Å². The van der Waals surface area contributed by atoms with E-state index in [1.54, 1.807) is 0 Å². The third kappa shape index (κ3) is 2.06. The maximum Gasteiger partial charge on any atom is 0.495 e. The molecular formula is C14H19BFNO3. The summed E-state index contributed by atoms with van der Waals surface area (Å²) in [5.41, 5.74) is -0.755. The minimum Gasteiger partial charge on any atom is -0.399 e. The first-order valence-corrected chi connectivity index (χ1v) is 6.89. The Bertz CT molecular complexity index is 541. The quantitative estimate of drug-likeness (QED) is 0.658. The van der Waals surface area contributed by atoms with E-state index in [0.717, 1.165) is 0 Å². The standard InChI is InChI=1S/C14H19BFNO3/c1-12(2)13(3,4)20-15(19-12)10-7-11(16)17-8-9(10)14(18)5-6-14/h7-8,18H,5-6H2,1-4H3. The van der Waals surface area contributed by atoms with E-state index in [4.69, 9.17) is 9.31 Å². The highest BCUT2D eigenvalue weighted by Crippen LogP contribution is 2.45. The van der Waals surface area contributed by atoms with Gasteiger partial charge in [-0.05, 0) is 52.1 Å². The molecule has 0 aromatic carbocycles. The molecule has 0 radical (unpaired) electrons. The normalized spacial score (nSPS) is 25.8. The van der Waals surface area contributed by atoms with Crippen LogP contribution in [0.3, 0.4) is 0 Å². The van der Waals surface area contributed by atoms with Crippen LogP contribution in [0.1, 0.15) is 46.1 Å². The molecule has 0 spiro atoms. The molecule has 1 N–H and O–H groups in total. The number of halogens is 1. The summed E-state index contributed by atoms with van der Waals surface area (Å²) >= 11 is 0. The molecule has 108 valence electrons. The molecule has 6 heteroatoms. The zero-order chi connectivity index (χ0) is 14.8. The predicted octanol–water partition coefficient (Wildman–Crippen LogP) is 1.50. The molecule has 2 heterocycles. The van der Waals surface area contributed by atoms with Crippen molar-refractivity contribution in [3.63, 3.8) is 0 Å². The summed E-state index contributed by atoms with van der Waals surface area (Å²) in [5.74, 6) is -0.595. The molecule has 2 aliphatic rings. The van der Waals surface area contributed by atoms with E-state index in [2.05, 4.69) is 4.98 Å². The van der Waals surface area contributed by atoms with E-state index in [-0.39, 0.29) is 0 Å². The minimum atomic E-state index is -0.903. The smallest absolute Gasteiger partial charge is 0.399 e. The number of hydrogen-bond donors (Lipinski definition) is 1. The topological polar surface area (TPSA) is 51.6 Å². The van der Waals surface area contributed by atoms with Crippen LogP contribution in [0.4, 0.5) is 4.39 Å². The predicted molar refractivity (Wildman–Crippen MR) is 73.0 cm³/mol. The molecular weight excluding hydrogens is 260 g/mol. The van der Waals surface area contributed by atoms with Crippen LogP contribution in [0.2, 0.25) is 0 Å². The van der Waals surface area contributed by atoms with Gasteiger partial charge in [0.15, 0.2) is 0 Å². The van der Waals surface area contributed by atoms with Crippen molar-refractivity contribution in [3.05, 3.63) is 23.8 Å². The largest absolute Gasteiger partial charge is 0.495 e. The fourth-order valence-corrected chi connectivity index (χ4v) is 2.39. The molecule has 0 unspecified atom stereocenters. The van der Waals surface area contributed by atoms with Crippen molar-refractivity contribution >= 4 is 12.6 Å². The number of aliphatic hydroxyl groups is 1. The fraction of sp³-hybridized carbons (Fsp3) is 0.643. The first kappa shape index (κ1) is 14.0. The van der Waals surface area contributed by atoms with Crippen LogP contribution >= 0.6 is 0 Å². The van der Waals surface area contributed by atoms with E-state index in [0.29, 0.717) is 23.9 Å². The van der Waals surface area contributed by atoms with Gasteiger partial charge in [0.05, 0.1) is 16.8 Å². The highest BCUT2D eigenvalue weighted by Gasteiger charge is 2.54. The van der Waals surface area contributed by atoms with Gasteiger partial charge in [0.1, 0.15) is 0 Å². The molecule has 1 aromatic rings. The van der Waals surface area contributed by atoms with Gasteiger partial charge in [0, 0.05) is 11.8 Å². The molecule has 2 fully saturated rings. The Hall–Kier alpha value is -0.975. The first-order chi connectivity index (χ1) is 9.15. The van der Waals surface area contributed by atoms with Gasteiger partial charge in [-0.15, -0.1) is 0 Å². The molecule has 1 saturated heterocycles. The summed E-state index contributed by atoms with van der Waals surface area (Å²) in [4.78, 5) is 3.65. The Kier molecular flexibility index (Phi) is 2.81. The van der Waals surface area contributed by atoms with Gasteiger partial charge in [-0.3, -0.25) is 0 Å². The van der Waals surface area contributed by atoms with Gasteiger partial charge in [0.2, 0.25) is 5.95 Å². The number of hydrogen-bond acceptors (Lipinski definition) is 4. The molecule has 1 aliphatic carbocycles. The molecule has 1 saturated carbocycles. The van der Waals surface area contributed by atoms with Crippen molar-refractivity contribution in [2.75, 3.05) is 0 Å². The van der Waals surface area contributed by atoms with Crippen molar-refractivity contribution in [2.24, 2.45) is 0 Å². The zero-order valence-corrected chi connectivity index (χ0v) is 12.2. The summed E-state index contributed by atoms with van der Waals surface area (Å²) < 4.78 is 25.4. The second-order valence-corrected chi connectivity index (χ2v) is 6.71. The molecule has 0 atom stereocenters. The lowest BCUT2D eigenvalue weighted by atomic mass is 9.75. The minimum absolute atomic E-state index is 0.499. The summed E-state index contributed by atoms with van der Waals surface area (Å²) in [6.45, 7) is 7.76. The number of aromatic nitrogens is 1. The summed E-state index contributed by atoms with van der Waals surface area (Å²) in [7, 11) is -0.683. The third-order valence-corrected chi connectivity index (χ3v) is 4.63. The van der Waals surface area contributed by atoms with Crippen molar-refractivity contribution in [1.82, 2.24) is 4.98 Å². The van der Waals surface area contributed by atoms with E-state index < -0.39 is 29.9 Å². The molecule has 1 aliphatic heterocycles. The van der Waals surface area contributed by atoms with E-state index >= 15 is 0 Å². The lowest BCUT2D eigenvalue weighted by Crippen LogP contribution is -2.41. The lowest BCUT2D eigenvalue weighted by molar-refractivity contribution is 0.00578. The van der Waals surface area contributed by atoms with Gasteiger partial charge in [0.25, 0.3) is 0 Å². The highest BCUT2D eigenvalue weighted by atomic mass is 19.1. The monoisotopic (exact) mass is 279 g/mol. The molecule has 4 nitrogen and oxygen atoms in total. The second-order valence-electron chi connectivity index (χ2n) is 6.71. The van der Waals surface area contributed by atoms with Crippen LogP contribution in [0, 0.1) is 5.95 Å². The van der Waals surface area contributed by atoms with Crippen molar-refractivity contribution < 1.29 is 18.8 Å². The molecule has 0 bridgehead atoms. The van der Waals surface area contributed by atoms with Gasteiger partial charge in [-0.25, -0.2) is 4.98 Å². The Morgan fingerprint density at radius 2 is 1.75 bits per heavy atom. The van der Waals surface area contributed by atoms with Crippen molar-refractivity contribution in [2.45, 2.75) is 57.3 Å². The maximum atomic E-state index is 13.5. The lowest BCUT2D eigenvalue weighted by Gasteiger charge is -2.32. The SMILES string of the molecule is CC1(C)OB(c2cc(F)ncc2C2(O)CC2)OC1(C)C. The van der Waals surface area contributed by atoms with Gasteiger partial charge < -0.3 is 14.4 Å². The Morgan fingerprint density at radius 3 is 2.25 bits per heavy atom. The second kappa shape index (κ2) is 4.03. The van der Waals surface area contributed by atoms with Crippen LogP contribution in [-0.4, -0.2) is 28.4 Å². The van der Waals surface area contributed by atoms with E-state index in [9.17, 15) is 9.50 Å².